The van der Waals surface area contributed by atoms with E-state index in [1.165, 1.54) is 24.3 Å². The maximum atomic E-state index is 14.4. The van der Waals surface area contributed by atoms with E-state index in [1.807, 2.05) is 54.6 Å². The number of aliphatic hydroxyl groups is 1. The van der Waals surface area contributed by atoms with E-state index in [0.717, 1.165) is 29.3 Å². The zero-order chi connectivity index (χ0) is 50.7. The second-order valence-electron chi connectivity index (χ2n) is 18.1. The molecule has 1 saturated carbocycles. The molecular weight excluding hydrogens is 901 g/mol. The fourth-order valence-electron chi connectivity index (χ4n) is 8.39. The summed E-state index contributed by atoms with van der Waals surface area (Å²) in [6, 6.07) is 14.0. The Morgan fingerprint density at radius 3 is 1.79 bits per heavy atom. The Kier molecular flexibility index (Phi) is 20.1. The quantitative estimate of drug-likeness (QED) is 0.0241. The number of carbonyl (C=O) groups excluding carboxylic acids is 6. The number of nitrogens with two attached hydrogens (primary N) is 1. The van der Waals surface area contributed by atoms with Crippen LogP contribution in [0, 0.1) is 17.2 Å². The zero-order valence-electron chi connectivity index (χ0n) is 39.5. The number of amides is 6. The van der Waals surface area contributed by atoms with Crippen LogP contribution < -0.4 is 43.0 Å². The van der Waals surface area contributed by atoms with Gasteiger partial charge in [-0.3, -0.25) is 34.2 Å². The number of fused-ring (bicyclic) bond motifs is 1. The van der Waals surface area contributed by atoms with Gasteiger partial charge >= 0.3 is 5.97 Å². The van der Waals surface area contributed by atoms with Gasteiger partial charge in [-0.1, -0.05) is 87.4 Å². The molecule has 1 fully saturated rings. The number of aromatic amines is 1. The Balaban J connectivity index is 1.39. The molecule has 1 aliphatic rings. The number of benzene rings is 3. The van der Waals surface area contributed by atoms with Gasteiger partial charge < -0.3 is 63.3 Å². The molecule has 3 aromatic carbocycles. The molecule has 14 N–H and O–H groups in total. The number of carboxylic acid groups (broad SMARTS) is 1. The molecular formula is C50H66N10O10. The van der Waals surface area contributed by atoms with Crippen LogP contribution in [0.15, 0.2) is 85.1 Å². The van der Waals surface area contributed by atoms with Gasteiger partial charge in [0.15, 0.2) is 5.96 Å². The summed E-state index contributed by atoms with van der Waals surface area (Å²) in [5.41, 5.74) is 8.06. The molecule has 0 unspecified atom stereocenters. The summed E-state index contributed by atoms with van der Waals surface area (Å²) in [6.07, 6.45) is 4.97. The third-order valence-electron chi connectivity index (χ3n) is 12.1. The number of aliphatic carboxylic acids is 1. The smallest absolute Gasteiger partial charge is 0.326 e. The lowest BCUT2D eigenvalue weighted by atomic mass is 10.0. The van der Waals surface area contributed by atoms with Crippen molar-refractivity contribution in [1.82, 2.24) is 42.2 Å². The number of rotatable bonds is 26. The van der Waals surface area contributed by atoms with Gasteiger partial charge in [-0.25, -0.2) is 4.79 Å². The molecule has 70 heavy (non-hydrogen) atoms. The van der Waals surface area contributed by atoms with Gasteiger partial charge in [0.2, 0.25) is 35.4 Å². The van der Waals surface area contributed by atoms with Gasteiger partial charge in [0.1, 0.15) is 42.0 Å². The molecule has 1 aromatic heterocycles. The Morgan fingerprint density at radius 2 is 1.19 bits per heavy atom. The fourth-order valence-corrected chi connectivity index (χ4v) is 8.39. The normalized spacial score (nSPS) is 15.1. The molecule has 0 saturated heterocycles. The molecule has 5 rings (SSSR count). The summed E-state index contributed by atoms with van der Waals surface area (Å²) >= 11 is 0. The highest BCUT2D eigenvalue weighted by Gasteiger charge is 2.35. The first kappa shape index (κ1) is 53.5. The minimum atomic E-state index is -1.68. The first-order valence-corrected chi connectivity index (χ1v) is 23.6. The van der Waals surface area contributed by atoms with Crippen LogP contribution in [0.5, 0.6) is 5.75 Å². The van der Waals surface area contributed by atoms with Crippen molar-refractivity contribution in [2.24, 2.45) is 17.6 Å². The number of hydrogen-bond acceptors (Lipinski definition) is 10. The first-order valence-electron chi connectivity index (χ1n) is 23.6. The largest absolute Gasteiger partial charge is 0.508 e. The van der Waals surface area contributed by atoms with Gasteiger partial charge in [-0.05, 0) is 72.9 Å². The third-order valence-corrected chi connectivity index (χ3v) is 12.1. The number of aliphatic hydroxyl groups excluding tert-OH is 1. The first-order chi connectivity index (χ1) is 33.5. The lowest BCUT2D eigenvalue weighted by Gasteiger charge is -2.27. The van der Waals surface area contributed by atoms with Gasteiger partial charge in [0.05, 0.1) is 6.61 Å². The number of para-hydroxylation sites is 1. The lowest BCUT2D eigenvalue weighted by molar-refractivity contribution is -0.143. The molecule has 0 spiro atoms. The number of hydrogen-bond donors (Lipinski definition) is 13. The molecule has 4 aromatic rings. The number of guanidine groups is 1. The molecule has 20 heteroatoms. The number of aromatic nitrogens is 1. The predicted octanol–water partition coefficient (Wildman–Crippen LogP) is 1.39. The minimum Gasteiger partial charge on any atom is -0.508 e. The van der Waals surface area contributed by atoms with E-state index in [1.54, 1.807) is 20.0 Å². The number of phenolic OH excluding ortho intramolecular Hbond substituents is 1. The average Bonchev–Trinajstić information content (AvgIpc) is 4.03. The Hall–Kier alpha value is -7.48. The topological polar surface area (TPSA) is 330 Å². The predicted molar refractivity (Wildman–Crippen MR) is 261 cm³/mol. The van der Waals surface area contributed by atoms with Crippen LogP contribution in [-0.4, -0.2) is 117 Å². The van der Waals surface area contributed by atoms with Gasteiger partial charge in [0, 0.05) is 48.8 Å². The van der Waals surface area contributed by atoms with Crippen LogP contribution in [0.25, 0.3) is 10.9 Å². The number of aromatic hydroxyl groups is 1. The number of carbonyl (C=O) groups is 7. The molecule has 6 atom stereocenters. The van der Waals surface area contributed by atoms with Crippen molar-refractivity contribution < 1.29 is 48.9 Å². The molecule has 6 amide bonds. The van der Waals surface area contributed by atoms with Crippen LogP contribution in [0.3, 0.4) is 0 Å². The Labute approximate surface area is 406 Å². The van der Waals surface area contributed by atoms with Crippen LogP contribution in [-0.2, 0) is 52.8 Å². The Morgan fingerprint density at radius 1 is 0.671 bits per heavy atom. The second-order valence-corrected chi connectivity index (χ2v) is 18.1. The van der Waals surface area contributed by atoms with Crippen molar-refractivity contribution in [1.29, 1.82) is 5.41 Å². The molecule has 20 nitrogen and oxygen atoms in total. The Bertz CT molecular complexity index is 2420. The van der Waals surface area contributed by atoms with Crippen molar-refractivity contribution in [3.05, 3.63) is 102 Å². The zero-order valence-corrected chi connectivity index (χ0v) is 39.5. The minimum absolute atomic E-state index is 0.0406. The summed E-state index contributed by atoms with van der Waals surface area (Å²) in [4.78, 5) is 99.5. The molecule has 1 heterocycles. The van der Waals surface area contributed by atoms with E-state index in [-0.39, 0.29) is 74.5 Å². The van der Waals surface area contributed by atoms with Crippen molar-refractivity contribution in [3.8, 4) is 5.75 Å². The van der Waals surface area contributed by atoms with Crippen molar-refractivity contribution in [2.45, 2.75) is 114 Å². The fraction of sp³-hybridized carbons (Fsp3) is 0.440. The van der Waals surface area contributed by atoms with Crippen LogP contribution >= 0.6 is 0 Å². The highest BCUT2D eigenvalue weighted by Crippen LogP contribution is 2.25. The highest BCUT2D eigenvalue weighted by molar-refractivity contribution is 5.97. The maximum Gasteiger partial charge on any atom is 0.326 e. The lowest BCUT2D eigenvalue weighted by Crippen LogP contribution is -2.61. The van der Waals surface area contributed by atoms with Crippen molar-refractivity contribution >= 4 is 58.3 Å². The monoisotopic (exact) mass is 966 g/mol. The molecule has 1 aliphatic carbocycles. The average molecular weight is 967 g/mol. The van der Waals surface area contributed by atoms with Crippen LogP contribution in [0.1, 0.15) is 75.5 Å². The van der Waals surface area contributed by atoms with E-state index >= 15 is 0 Å². The van der Waals surface area contributed by atoms with E-state index in [9.17, 15) is 48.9 Å². The van der Waals surface area contributed by atoms with Crippen molar-refractivity contribution in [3.63, 3.8) is 0 Å². The summed E-state index contributed by atoms with van der Waals surface area (Å²) in [5.74, 6) is -6.51. The van der Waals surface area contributed by atoms with Crippen molar-refractivity contribution in [2.75, 3.05) is 13.2 Å². The maximum absolute atomic E-state index is 14.4. The summed E-state index contributed by atoms with van der Waals surface area (Å²) in [5, 5.41) is 57.2. The number of H-pyrrole nitrogens is 1. The van der Waals surface area contributed by atoms with E-state index < -0.39 is 78.4 Å². The number of carboxylic acids is 1. The van der Waals surface area contributed by atoms with E-state index in [4.69, 9.17) is 11.1 Å². The summed E-state index contributed by atoms with van der Waals surface area (Å²) in [6.45, 7) is 2.76. The molecule has 0 aliphatic heterocycles. The highest BCUT2D eigenvalue weighted by atomic mass is 16.4. The SMILES string of the molecule is CC(C)C[C@H](NC(=O)[C@@H](CCCNC(=N)N)NC(=O)[C@H](Cc1ccc(O)cc1)NC(=O)[C@H](CO)NC(=O)[C@H](Cc1c[nH]c2ccccc12)NC(=O)[C@H](Cc1ccccc1)NC(=O)C1CCCC1)C(=O)O. The van der Waals surface area contributed by atoms with E-state index in [2.05, 4.69) is 42.2 Å². The number of phenols is 1. The molecule has 376 valence electrons. The third kappa shape index (κ3) is 16.3. The van der Waals surface area contributed by atoms with Crippen LogP contribution in [0.2, 0.25) is 0 Å². The molecule has 0 bridgehead atoms. The second kappa shape index (κ2) is 26.3. The standard InChI is InChI=1S/C50H66N10O10/c1-29(2)23-41(49(69)70)59-44(64)37(17-10-22-53-50(51)52)55-45(65)39(25-31-18-20-34(62)21-19-31)57-48(68)42(28-61)60-47(67)40(26-33-27-54-36-16-9-8-15-35(33)36)58-46(66)38(24-30-11-4-3-5-12-30)56-43(63)32-13-6-7-14-32/h3-5,8-9,11-12,15-16,18-21,27,29,32,37-42,54,61-62H,6-7,10,13-14,17,22-26,28H2,1-2H3,(H,55,65)(H,56,63)(H,57,68)(H,58,66)(H,59,64)(H,60,67)(H,69,70)(H4,51,52,53)/t37-,38+,39+,40+,41+,42+/m1/s1. The van der Waals surface area contributed by atoms with Gasteiger partial charge in [-0.2, -0.15) is 0 Å². The summed E-state index contributed by atoms with van der Waals surface area (Å²) in [7, 11) is 0. The van der Waals surface area contributed by atoms with E-state index in [0.29, 0.717) is 24.0 Å². The van der Waals surface area contributed by atoms with Gasteiger partial charge in [-0.15, -0.1) is 0 Å². The van der Waals surface area contributed by atoms with Gasteiger partial charge in [0.25, 0.3) is 0 Å². The molecule has 0 radical (unpaired) electrons. The summed E-state index contributed by atoms with van der Waals surface area (Å²) < 4.78 is 0. The number of nitrogens with one attached hydrogen (secondary N) is 9. The van der Waals surface area contributed by atoms with Crippen LogP contribution in [0.4, 0.5) is 0 Å².